The summed E-state index contributed by atoms with van der Waals surface area (Å²) in [6, 6.07) is 0. The van der Waals surface area contributed by atoms with Crippen molar-refractivity contribution in [1.29, 1.82) is 0 Å². The van der Waals surface area contributed by atoms with Crippen molar-refractivity contribution < 1.29 is 9.59 Å². The molecule has 0 radical (unpaired) electrons. The molecule has 0 amide bonds. The summed E-state index contributed by atoms with van der Waals surface area (Å²) in [5.41, 5.74) is 0. The minimum absolute atomic E-state index is 0.108. The van der Waals surface area contributed by atoms with E-state index in [2.05, 4.69) is 13.8 Å². The third-order valence-corrected chi connectivity index (χ3v) is 5.00. The first-order valence-electron chi connectivity index (χ1n) is 7.06. The predicted octanol–water partition coefficient (Wildman–Crippen LogP) is 3.24. The van der Waals surface area contributed by atoms with E-state index in [1.807, 2.05) is 6.92 Å². The molecule has 2 heteroatoms. The standard InChI is InChI=1S/C15H24O2/c1-9(2)11-7-13(10(3)15(17)8-11)12-5-4-6-14(12)16/h9-13H,4-8H2,1-3H3. The van der Waals surface area contributed by atoms with E-state index in [4.69, 9.17) is 0 Å². The summed E-state index contributed by atoms with van der Waals surface area (Å²) in [4.78, 5) is 24.0. The lowest BCUT2D eigenvalue weighted by Gasteiger charge is -2.37. The molecule has 0 N–H and O–H groups in total. The fraction of sp³-hybridized carbons (Fsp3) is 0.867. The fourth-order valence-electron chi connectivity index (χ4n) is 3.64. The Labute approximate surface area is 104 Å². The molecule has 0 aliphatic heterocycles. The minimum atomic E-state index is 0.108. The van der Waals surface area contributed by atoms with Gasteiger partial charge in [-0.15, -0.1) is 0 Å². The average molecular weight is 236 g/mol. The van der Waals surface area contributed by atoms with E-state index < -0.39 is 0 Å². The Morgan fingerprint density at radius 3 is 2.41 bits per heavy atom. The van der Waals surface area contributed by atoms with Crippen LogP contribution in [0.1, 0.15) is 52.9 Å². The minimum Gasteiger partial charge on any atom is -0.299 e. The summed E-state index contributed by atoms with van der Waals surface area (Å²) in [6.45, 7) is 6.43. The molecule has 4 unspecified atom stereocenters. The highest BCUT2D eigenvalue weighted by molar-refractivity contribution is 5.86. The molecule has 2 aliphatic rings. The molecule has 0 spiro atoms. The highest BCUT2D eigenvalue weighted by Crippen LogP contribution is 2.43. The predicted molar refractivity (Wildman–Crippen MR) is 67.6 cm³/mol. The van der Waals surface area contributed by atoms with Crippen LogP contribution in [0, 0.1) is 29.6 Å². The second kappa shape index (κ2) is 4.91. The number of Topliss-reactive ketones (excluding diaryl/α,β-unsaturated/α-hetero) is 2. The highest BCUT2D eigenvalue weighted by atomic mass is 16.1. The second-order valence-corrected chi connectivity index (χ2v) is 6.33. The summed E-state index contributed by atoms with van der Waals surface area (Å²) < 4.78 is 0. The maximum absolute atomic E-state index is 12.1. The van der Waals surface area contributed by atoms with E-state index in [-0.39, 0.29) is 11.8 Å². The molecule has 17 heavy (non-hydrogen) atoms. The Balaban J connectivity index is 2.13. The Morgan fingerprint density at radius 2 is 1.88 bits per heavy atom. The maximum Gasteiger partial charge on any atom is 0.136 e. The Bertz CT molecular complexity index is 319. The Morgan fingerprint density at radius 1 is 1.18 bits per heavy atom. The monoisotopic (exact) mass is 236 g/mol. The topological polar surface area (TPSA) is 34.1 Å². The van der Waals surface area contributed by atoms with Gasteiger partial charge in [-0.1, -0.05) is 20.8 Å². The largest absolute Gasteiger partial charge is 0.299 e. The number of hydrogen-bond acceptors (Lipinski definition) is 2. The van der Waals surface area contributed by atoms with Crippen molar-refractivity contribution in [2.75, 3.05) is 0 Å². The third kappa shape index (κ3) is 2.46. The number of rotatable bonds is 2. The molecular formula is C15H24O2. The van der Waals surface area contributed by atoms with Gasteiger partial charge in [0.15, 0.2) is 0 Å². The summed E-state index contributed by atoms with van der Waals surface area (Å²) in [7, 11) is 0. The first-order valence-corrected chi connectivity index (χ1v) is 7.06. The van der Waals surface area contributed by atoms with Gasteiger partial charge in [0.1, 0.15) is 11.6 Å². The Hall–Kier alpha value is -0.660. The normalized spacial score (nSPS) is 39.1. The molecular weight excluding hydrogens is 212 g/mol. The molecule has 0 aromatic rings. The zero-order valence-corrected chi connectivity index (χ0v) is 11.2. The molecule has 0 aromatic heterocycles. The summed E-state index contributed by atoms with van der Waals surface area (Å²) in [5, 5.41) is 0. The van der Waals surface area contributed by atoms with Gasteiger partial charge in [0.25, 0.3) is 0 Å². The van der Waals surface area contributed by atoms with Crippen molar-refractivity contribution in [1.82, 2.24) is 0 Å². The van der Waals surface area contributed by atoms with Gasteiger partial charge in [-0.3, -0.25) is 9.59 Å². The first kappa shape index (κ1) is 12.8. The number of ketones is 2. The lowest BCUT2D eigenvalue weighted by molar-refractivity contribution is -0.132. The lowest BCUT2D eigenvalue weighted by Crippen LogP contribution is -2.38. The van der Waals surface area contributed by atoms with E-state index in [0.29, 0.717) is 29.3 Å². The van der Waals surface area contributed by atoms with Crippen LogP contribution >= 0.6 is 0 Å². The third-order valence-electron chi connectivity index (χ3n) is 5.00. The maximum atomic E-state index is 12.1. The molecule has 2 saturated carbocycles. The van der Waals surface area contributed by atoms with Gasteiger partial charge in [0.2, 0.25) is 0 Å². The highest BCUT2D eigenvalue weighted by Gasteiger charge is 2.42. The van der Waals surface area contributed by atoms with Crippen LogP contribution in [0.15, 0.2) is 0 Å². The van der Waals surface area contributed by atoms with Crippen LogP contribution in [0.5, 0.6) is 0 Å². The van der Waals surface area contributed by atoms with E-state index >= 15 is 0 Å². The average Bonchev–Trinajstić information content (AvgIpc) is 2.68. The summed E-state index contributed by atoms with van der Waals surface area (Å²) in [5.74, 6) is 2.49. The smallest absolute Gasteiger partial charge is 0.136 e. The van der Waals surface area contributed by atoms with Crippen LogP contribution < -0.4 is 0 Å². The van der Waals surface area contributed by atoms with Crippen molar-refractivity contribution >= 4 is 11.6 Å². The molecule has 0 aromatic carbocycles. The SMILES string of the molecule is CC(C)C1CC(=O)C(C)C(C2CCCC2=O)C1. The van der Waals surface area contributed by atoms with E-state index in [9.17, 15) is 9.59 Å². The molecule has 96 valence electrons. The van der Waals surface area contributed by atoms with Gasteiger partial charge in [-0.05, 0) is 37.0 Å². The zero-order chi connectivity index (χ0) is 12.6. The number of carbonyl (C=O) groups excluding carboxylic acids is 2. The van der Waals surface area contributed by atoms with Gasteiger partial charge >= 0.3 is 0 Å². The van der Waals surface area contributed by atoms with E-state index in [1.165, 1.54) is 0 Å². The van der Waals surface area contributed by atoms with E-state index in [1.54, 1.807) is 0 Å². The van der Waals surface area contributed by atoms with Crippen molar-refractivity contribution in [2.24, 2.45) is 29.6 Å². The molecule has 2 nitrogen and oxygen atoms in total. The van der Waals surface area contributed by atoms with Gasteiger partial charge in [-0.2, -0.15) is 0 Å². The quantitative estimate of drug-likeness (QED) is 0.737. The lowest BCUT2D eigenvalue weighted by atomic mass is 9.65. The van der Waals surface area contributed by atoms with Crippen molar-refractivity contribution in [3.05, 3.63) is 0 Å². The van der Waals surface area contributed by atoms with Gasteiger partial charge < -0.3 is 0 Å². The number of hydrogen-bond donors (Lipinski definition) is 0. The van der Waals surface area contributed by atoms with Crippen LogP contribution in [0.3, 0.4) is 0 Å². The molecule has 4 atom stereocenters. The molecule has 2 rings (SSSR count). The van der Waals surface area contributed by atoms with E-state index in [0.717, 1.165) is 32.1 Å². The van der Waals surface area contributed by atoms with Crippen LogP contribution in [-0.4, -0.2) is 11.6 Å². The molecule has 0 heterocycles. The van der Waals surface area contributed by atoms with Gasteiger partial charge in [-0.25, -0.2) is 0 Å². The van der Waals surface area contributed by atoms with Gasteiger partial charge in [0.05, 0.1) is 0 Å². The summed E-state index contributed by atoms with van der Waals surface area (Å²) >= 11 is 0. The fourth-order valence-corrected chi connectivity index (χ4v) is 3.64. The first-order chi connectivity index (χ1) is 8.00. The van der Waals surface area contributed by atoms with Crippen molar-refractivity contribution in [2.45, 2.75) is 52.9 Å². The van der Waals surface area contributed by atoms with Crippen LogP contribution in [0.4, 0.5) is 0 Å². The van der Waals surface area contributed by atoms with Crippen molar-refractivity contribution in [3.8, 4) is 0 Å². The van der Waals surface area contributed by atoms with Crippen LogP contribution in [0.2, 0.25) is 0 Å². The molecule has 2 fully saturated rings. The van der Waals surface area contributed by atoms with Gasteiger partial charge in [0, 0.05) is 24.7 Å². The summed E-state index contributed by atoms with van der Waals surface area (Å²) in [6.07, 6.45) is 4.62. The molecule has 0 saturated heterocycles. The van der Waals surface area contributed by atoms with Crippen molar-refractivity contribution in [3.63, 3.8) is 0 Å². The molecule has 0 bridgehead atoms. The van der Waals surface area contributed by atoms with Crippen LogP contribution in [0.25, 0.3) is 0 Å². The Kier molecular flexibility index (Phi) is 3.70. The zero-order valence-electron chi connectivity index (χ0n) is 11.2. The molecule has 2 aliphatic carbocycles. The number of carbonyl (C=O) groups is 2. The second-order valence-electron chi connectivity index (χ2n) is 6.33. The van der Waals surface area contributed by atoms with Crippen LogP contribution in [-0.2, 0) is 9.59 Å².